The lowest BCUT2D eigenvalue weighted by Gasteiger charge is -2.35. The van der Waals surface area contributed by atoms with Crippen molar-refractivity contribution in [2.75, 3.05) is 7.11 Å². The standard InChI is InChI=1S/C22H20F3NO3/c1-3-19-21(22(28)29-2)17(13-5-4-6-15(23)9-13)11-20(27)26(19)12-14-7-8-16(24)10-18(14)25/h4-10,17H,3,11-12H2,1-2H3. The summed E-state index contributed by atoms with van der Waals surface area (Å²) in [5.41, 5.74) is 1.23. The minimum Gasteiger partial charge on any atom is -0.466 e. The van der Waals surface area contributed by atoms with E-state index in [0.29, 0.717) is 17.7 Å². The highest BCUT2D eigenvalue weighted by molar-refractivity contribution is 5.95. The van der Waals surface area contributed by atoms with Crippen molar-refractivity contribution in [3.63, 3.8) is 0 Å². The molecule has 4 nitrogen and oxygen atoms in total. The molecule has 3 rings (SSSR count). The summed E-state index contributed by atoms with van der Waals surface area (Å²) in [6.45, 7) is 1.61. The summed E-state index contributed by atoms with van der Waals surface area (Å²) in [4.78, 5) is 26.8. The highest BCUT2D eigenvalue weighted by atomic mass is 19.1. The quantitative estimate of drug-likeness (QED) is 0.693. The zero-order valence-corrected chi connectivity index (χ0v) is 16.0. The monoisotopic (exact) mass is 403 g/mol. The van der Waals surface area contributed by atoms with Crippen LogP contribution in [0.3, 0.4) is 0 Å². The maximum Gasteiger partial charge on any atom is 0.336 e. The van der Waals surface area contributed by atoms with Gasteiger partial charge in [0.15, 0.2) is 0 Å². The summed E-state index contributed by atoms with van der Waals surface area (Å²) in [5.74, 6) is -3.62. The van der Waals surface area contributed by atoms with E-state index in [2.05, 4.69) is 0 Å². The molecule has 0 bridgehead atoms. The topological polar surface area (TPSA) is 46.6 Å². The fourth-order valence-corrected chi connectivity index (χ4v) is 3.65. The maximum atomic E-state index is 14.1. The minimum atomic E-state index is -0.778. The van der Waals surface area contributed by atoms with Crippen LogP contribution >= 0.6 is 0 Å². The van der Waals surface area contributed by atoms with Crippen molar-refractivity contribution in [2.45, 2.75) is 32.2 Å². The van der Waals surface area contributed by atoms with Gasteiger partial charge in [-0.15, -0.1) is 0 Å². The molecule has 0 radical (unpaired) electrons. The van der Waals surface area contributed by atoms with E-state index in [1.807, 2.05) is 0 Å². The number of allylic oxidation sites excluding steroid dienone is 1. The van der Waals surface area contributed by atoms with Gasteiger partial charge in [-0.1, -0.05) is 25.1 Å². The van der Waals surface area contributed by atoms with Crippen molar-refractivity contribution < 1.29 is 27.5 Å². The maximum absolute atomic E-state index is 14.1. The molecule has 0 aliphatic carbocycles. The summed E-state index contributed by atoms with van der Waals surface area (Å²) in [5, 5.41) is 0. The molecule has 1 unspecified atom stereocenters. The summed E-state index contributed by atoms with van der Waals surface area (Å²) >= 11 is 0. The number of esters is 1. The number of halogens is 3. The number of rotatable bonds is 5. The van der Waals surface area contributed by atoms with Crippen LogP contribution in [0.15, 0.2) is 53.7 Å². The Bertz CT molecular complexity index is 987. The van der Waals surface area contributed by atoms with Crippen LogP contribution in [-0.4, -0.2) is 23.9 Å². The van der Waals surface area contributed by atoms with Crippen LogP contribution in [0.4, 0.5) is 13.2 Å². The number of nitrogens with zero attached hydrogens (tertiary/aromatic N) is 1. The van der Waals surface area contributed by atoms with Crippen LogP contribution in [0.5, 0.6) is 0 Å². The predicted molar refractivity (Wildman–Crippen MR) is 100.0 cm³/mol. The Hall–Kier alpha value is -3.09. The SMILES string of the molecule is CCC1=C(C(=O)OC)C(c2cccc(F)c2)CC(=O)N1Cc1ccc(F)cc1F. The van der Waals surface area contributed by atoms with Crippen molar-refractivity contribution in [2.24, 2.45) is 0 Å². The largest absolute Gasteiger partial charge is 0.466 e. The van der Waals surface area contributed by atoms with Crippen LogP contribution in [0.25, 0.3) is 0 Å². The van der Waals surface area contributed by atoms with Crippen molar-refractivity contribution in [3.05, 3.63) is 82.3 Å². The average molecular weight is 403 g/mol. The van der Waals surface area contributed by atoms with Crippen molar-refractivity contribution in [1.29, 1.82) is 0 Å². The number of amides is 1. The molecule has 1 aliphatic heterocycles. The number of hydrogen-bond donors (Lipinski definition) is 0. The Morgan fingerprint density at radius 1 is 1.14 bits per heavy atom. The Labute approximate surface area is 166 Å². The number of hydrogen-bond acceptors (Lipinski definition) is 3. The molecule has 7 heteroatoms. The fraction of sp³-hybridized carbons (Fsp3) is 0.273. The third-order valence-electron chi connectivity index (χ3n) is 5.00. The number of ether oxygens (including phenoxy) is 1. The minimum absolute atomic E-state index is 0.0970. The first-order valence-corrected chi connectivity index (χ1v) is 9.16. The molecule has 0 spiro atoms. The lowest BCUT2D eigenvalue weighted by molar-refractivity contribution is -0.138. The van der Waals surface area contributed by atoms with Gasteiger partial charge in [-0.05, 0) is 30.2 Å². The van der Waals surface area contributed by atoms with E-state index in [-0.39, 0.29) is 30.0 Å². The third kappa shape index (κ3) is 4.18. The molecular formula is C22H20F3NO3. The lowest BCUT2D eigenvalue weighted by Crippen LogP contribution is -2.39. The van der Waals surface area contributed by atoms with Crippen LogP contribution in [0, 0.1) is 17.5 Å². The van der Waals surface area contributed by atoms with Gasteiger partial charge >= 0.3 is 5.97 Å². The first kappa shape index (κ1) is 20.6. The molecule has 0 aromatic heterocycles. The van der Waals surface area contributed by atoms with Gasteiger partial charge in [0.1, 0.15) is 17.5 Å². The molecule has 152 valence electrons. The zero-order valence-electron chi connectivity index (χ0n) is 16.0. The van der Waals surface area contributed by atoms with Gasteiger partial charge < -0.3 is 9.64 Å². The lowest BCUT2D eigenvalue weighted by atomic mass is 9.82. The summed E-state index contributed by atoms with van der Waals surface area (Å²) in [7, 11) is 1.23. The second-order valence-corrected chi connectivity index (χ2v) is 6.73. The Balaban J connectivity index is 2.09. The molecule has 1 atom stereocenters. The second-order valence-electron chi connectivity index (χ2n) is 6.73. The van der Waals surface area contributed by atoms with Gasteiger partial charge in [-0.2, -0.15) is 0 Å². The normalized spacial score (nSPS) is 16.9. The smallest absolute Gasteiger partial charge is 0.336 e. The van der Waals surface area contributed by atoms with Gasteiger partial charge in [-0.25, -0.2) is 18.0 Å². The van der Waals surface area contributed by atoms with Crippen LogP contribution in [0.1, 0.15) is 36.8 Å². The number of carbonyl (C=O) groups is 2. The zero-order chi connectivity index (χ0) is 21.1. The van der Waals surface area contributed by atoms with Crippen LogP contribution < -0.4 is 0 Å². The molecule has 1 amide bonds. The number of methoxy groups -OCH3 is 1. The molecule has 29 heavy (non-hydrogen) atoms. The molecule has 1 aliphatic rings. The first-order chi connectivity index (χ1) is 13.8. The van der Waals surface area contributed by atoms with Gasteiger partial charge in [0.2, 0.25) is 5.91 Å². The van der Waals surface area contributed by atoms with Crippen LogP contribution in [0.2, 0.25) is 0 Å². The van der Waals surface area contributed by atoms with Crippen molar-refractivity contribution in [3.8, 4) is 0 Å². The third-order valence-corrected chi connectivity index (χ3v) is 5.00. The predicted octanol–water partition coefficient (Wildman–Crippen LogP) is 4.46. The summed E-state index contributed by atoms with van der Waals surface area (Å²) in [6, 6.07) is 8.84. The van der Waals surface area contributed by atoms with Gasteiger partial charge in [-0.3, -0.25) is 4.79 Å². The molecule has 0 N–H and O–H groups in total. The van der Waals surface area contributed by atoms with E-state index < -0.39 is 29.3 Å². The molecule has 0 saturated heterocycles. The second kappa shape index (κ2) is 8.51. The van der Waals surface area contributed by atoms with E-state index in [9.17, 15) is 22.8 Å². The number of carbonyl (C=O) groups excluding carboxylic acids is 2. The average Bonchev–Trinajstić information content (AvgIpc) is 2.70. The van der Waals surface area contributed by atoms with E-state index in [1.165, 1.54) is 36.3 Å². The van der Waals surface area contributed by atoms with Gasteiger partial charge in [0, 0.05) is 29.7 Å². The van der Waals surface area contributed by atoms with Crippen LogP contribution in [-0.2, 0) is 20.9 Å². The molecule has 0 fully saturated rings. The van der Waals surface area contributed by atoms with Gasteiger partial charge in [0.05, 0.1) is 19.2 Å². The summed E-state index contributed by atoms with van der Waals surface area (Å²) < 4.78 is 46.0. The van der Waals surface area contributed by atoms with E-state index in [1.54, 1.807) is 13.0 Å². The molecule has 0 saturated carbocycles. The van der Waals surface area contributed by atoms with E-state index >= 15 is 0 Å². The number of benzene rings is 2. The molecule has 1 heterocycles. The highest BCUT2D eigenvalue weighted by Crippen LogP contribution is 2.39. The summed E-state index contributed by atoms with van der Waals surface area (Å²) in [6.07, 6.45) is 0.199. The highest BCUT2D eigenvalue weighted by Gasteiger charge is 2.38. The van der Waals surface area contributed by atoms with E-state index in [4.69, 9.17) is 4.74 Å². The Morgan fingerprint density at radius 2 is 1.86 bits per heavy atom. The first-order valence-electron chi connectivity index (χ1n) is 9.16. The van der Waals surface area contributed by atoms with E-state index in [0.717, 1.165) is 12.1 Å². The Kier molecular flexibility index (Phi) is 6.06. The fourth-order valence-electron chi connectivity index (χ4n) is 3.65. The Morgan fingerprint density at radius 3 is 2.48 bits per heavy atom. The van der Waals surface area contributed by atoms with Crippen molar-refractivity contribution in [1.82, 2.24) is 4.90 Å². The van der Waals surface area contributed by atoms with Gasteiger partial charge in [0.25, 0.3) is 0 Å². The molecule has 2 aromatic carbocycles. The molecular weight excluding hydrogens is 383 g/mol. The van der Waals surface area contributed by atoms with Crippen molar-refractivity contribution >= 4 is 11.9 Å². The molecule has 2 aromatic rings.